The molecule has 1 atom stereocenters. The third-order valence-electron chi connectivity index (χ3n) is 5.64. The molecule has 0 bridgehead atoms. The Kier molecular flexibility index (Phi) is 5.18. The van der Waals surface area contributed by atoms with Crippen molar-refractivity contribution in [2.75, 3.05) is 12.0 Å². The monoisotopic (exact) mass is 456 g/mol. The molecule has 0 saturated carbocycles. The van der Waals surface area contributed by atoms with Crippen molar-refractivity contribution in [3.8, 4) is 5.75 Å². The molecule has 3 aromatic carbocycles. The first-order valence-corrected chi connectivity index (χ1v) is 11.2. The van der Waals surface area contributed by atoms with E-state index in [9.17, 15) is 14.7 Å². The van der Waals surface area contributed by atoms with Crippen LogP contribution in [0.1, 0.15) is 22.7 Å². The van der Waals surface area contributed by atoms with Crippen molar-refractivity contribution in [3.63, 3.8) is 0 Å². The molecule has 33 heavy (non-hydrogen) atoms. The van der Waals surface area contributed by atoms with Crippen LogP contribution in [-0.2, 0) is 9.59 Å². The summed E-state index contributed by atoms with van der Waals surface area (Å²) in [5, 5.41) is 11.6. The highest BCUT2D eigenvalue weighted by Crippen LogP contribution is 2.44. The second-order valence-corrected chi connectivity index (χ2v) is 8.79. The Bertz CT molecular complexity index is 1420. The highest BCUT2D eigenvalue weighted by atomic mass is 32.1. The maximum absolute atomic E-state index is 13.3. The molecule has 164 valence electrons. The Morgan fingerprint density at radius 2 is 1.82 bits per heavy atom. The lowest BCUT2D eigenvalue weighted by atomic mass is 9.95. The molecular formula is C26H20N2O4S. The van der Waals surface area contributed by atoms with E-state index in [1.165, 1.54) is 23.3 Å². The number of aliphatic hydroxyl groups excluding tert-OH is 1. The van der Waals surface area contributed by atoms with Crippen LogP contribution in [-0.4, -0.2) is 28.9 Å². The Hall–Kier alpha value is -3.97. The zero-order valence-electron chi connectivity index (χ0n) is 18.0. The summed E-state index contributed by atoms with van der Waals surface area (Å²) in [6.07, 6.45) is 0. The minimum atomic E-state index is -0.806. The number of Topliss-reactive ketones (excluding diaryl/α,β-unsaturated/α-hetero) is 1. The normalized spacial score (nSPS) is 17.6. The Labute approximate surface area is 194 Å². The number of anilines is 1. The zero-order valence-corrected chi connectivity index (χ0v) is 18.8. The molecule has 1 saturated heterocycles. The van der Waals surface area contributed by atoms with Crippen LogP contribution in [0, 0.1) is 6.92 Å². The molecule has 0 spiro atoms. The van der Waals surface area contributed by atoms with Crippen LogP contribution in [0.25, 0.3) is 16.0 Å². The molecule has 7 heteroatoms. The summed E-state index contributed by atoms with van der Waals surface area (Å²) in [5.41, 5.74) is 2.96. The molecule has 1 aliphatic rings. The van der Waals surface area contributed by atoms with Gasteiger partial charge in [0.25, 0.3) is 5.78 Å². The van der Waals surface area contributed by atoms with Gasteiger partial charge in [-0.2, -0.15) is 0 Å². The van der Waals surface area contributed by atoms with Crippen molar-refractivity contribution < 1.29 is 19.4 Å². The largest absolute Gasteiger partial charge is 0.507 e. The number of amides is 1. The van der Waals surface area contributed by atoms with E-state index in [1.807, 2.05) is 55.5 Å². The second kappa shape index (κ2) is 8.18. The molecule has 0 unspecified atom stereocenters. The molecule has 1 fully saturated rings. The standard InChI is InChI=1S/C26H20N2O4S/c1-15-11-12-19-20(13-15)33-26(27-19)28-22(16-7-4-3-5-8-16)21(24(30)25(28)31)23(29)17-9-6-10-18(14-17)32-2/h3-14,22,29H,1-2H3/t22-/m1/s1. The lowest BCUT2D eigenvalue weighted by Crippen LogP contribution is -2.29. The summed E-state index contributed by atoms with van der Waals surface area (Å²) in [5.74, 6) is -1.18. The number of nitrogens with zero attached hydrogens (tertiary/aromatic N) is 2. The van der Waals surface area contributed by atoms with Gasteiger partial charge in [0.15, 0.2) is 5.13 Å². The predicted molar refractivity (Wildman–Crippen MR) is 129 cm³/mol. The molecule has 6 nitrogen and oxygen atoms in total. The quantitative estimate of drug-likeness (QED) is 0.258. The third-order valence-corrected chi connectivity index (χ3v) is 6.66. The first-order valence-electron chi connectivity index (χ1n) is 10.4. The second-order valence-electron chi connectivity index (χ2n) is 7.78. The number of rotatable bonds is 4. The van der Waals surface area contributed by atoms with Crippen molar-refractivity contribution in [2.24, 2.45) is 0 Å². The fourth-order valence-corrected chi connectivity index (χ4v) is 5.12. The van der Waals surface area contributed by atoms with E-state index in [2.05, 4.69) is 4.98 Å². The van der Waals surface area contributed by atoms with Crippen molar-refractivity contribution >= 4 is 44.1 Å². The van der Waals surface area contributed by atoms with E-state index in [0.29, 0.717) is 22.0 Å². The van der Waals surface area contributed by atoms with Gasteiger partial charge < -0.3 is 9.84 Å². The Balaban J connectivity index is 1.72. The van der Waals surface area contributed by atoms with Crippen LogP contribution in [0.3, 0.4) is 0 Å². The fraction of sp³-hybridized carbons (Fsp3) is 0.115. The van der Waals surface area contributed by atoms with Crippen LogP contribution >= 0.6 is 11.3 Å². The molecule has 5 rings (SSSR count). The molecule has 1 aromatic heterocycles. The van der Waals surface area contributed by atoms with Gasteiger partial charge in [-0.3, -0.25) is 14.5 Å². The minimum absolute atomic E-state index is 0.0230. The highest BCUT2D eigenvalue weighted by Gasteiger charge is 2.48. The van der Waals surface area contributed by atoms with Gasteiger partial charge in [-0.05, 0) is 42.3 Å². The fourth-order valence-electron chi connectivity index (χ4n) is 4.03. The number of hydrogen-bond acceptors (Lipinski definition) is 6. The summed E-state index contributed by atoms with van der Waals surface area (Å²) in [4.78, 5) is 32.6. The number of benzene rings is 3. The number of hydrogen-bond donors (Lipinski definition) is 1. The van der Waals surface area contributed by atoms with Gasteiger partial charge in [0, 0.05) is 5.56 Å². The minimum Gasteiger partial charge on any atom is -0.507 e. The average molecular weight is 457 g/mol. The SMILES string of the molecule is COc1cccc(C(O)=C2C(=O)C(=O)N(c3nc4ccc(C)cc4s3)[C@@H]2c2ccccc2)c1. The number of aryl methyl sites for hydroxylation is 1. The Morgan fingerprint density at radius 1 is 1.03 bits per heavy atom. The summed E-state index contributed by atoms with van der Waals surface area (Å²) in [6.45, 7) is 1.99. The van der Waals surface area contributed by atoms with Crippen molar-refractivity contribution in [1.82, 2.24) is 4.98 Å². The summed E-state index contributed by atoms with van der Waals surface area (Å²) in [7, 11) is 1.52. The van der Waals surface area contributed by atoms with E-state index >= 15 is 0 Å². The molecule has 1 amide bonds. The highest BCUT2D eigenvalue weighted by molar-refractivity contribution is 7.22. The van der Waals surface area contributed by atoms with E-state index in [-0.39, 0.29) is 11.3 Å². The van der Waals surface area contributed by atoms with Crippen LogP contribution in [0.15, 0.2) is 78.4 Å². The smallest absolute Gasteiger partial charge is 0.301 e. The number of methoxy groups -OCH3 is 1. The number of thiazole rings is 1. The molecule has 4 aromatic rings. The van der Waals surface area contributed by atoms with Gasteiger partial charge in [0.1, 0.15) is 11.5 Å². The number of fused-ring (bicyclic) bond motifs is 1. The van der Waals surface area contributed by atoms with Gasteiger partial charge in [-0.1, -0.05) is 59.9 Å². The third kappa shape index (κ3) is 3.56. The molecule has 1 N–H and O–H groups in total. The van der Waals surface area contributed by atoms with Crippen LogP contribution in [0.5, 0.6) is 5.75 Å². The first-order chi connectivity index (χ1) is 16.0. The summed E-state index contributed by atoms with van der Waals surface area (Å²) in [6, 6.07) is 21.0. The van der Waals surface area contributed by atoms with Crippen molar-refractivity contribution in [3.05, 3.63) is 95.1 Å². The van der Waals surface area contributed by atoms with Gasteiger partial charge in [-0.15, -0.1) is 0 Å². The van der Waals surface area contributed by atoms with Crippen molar-refractivity contribution in [1.29, 1.82) is 0 Å². The van der Waals surface area contributed by atoms with E-state index < -0.39 is 17.7 Å². The predicted octanol–water partition coefficient (Wildman–Crippen LogP) is 5.24. The number of carbonyl (C=O) groups excluding carboxylic acids is 2. The van der Waals surface area contributed by atoms with E-state index in [0.717, 1.165) is 15.8 Å². The van der Waals surface area contributed by atoms with Gasteiger partial charge >= 0.3 is 5.91 Å². The number of ketones is 1. The maximum atomic E-state index is 13.3. The Morgan fingerprint density at radius 3 is 2.58 bits per heavy atom. The van der Waals surface area contributed by atoms with E-state index in [4.69, 9.17) is 4.74 Å². The van der Waals surface area contributed by atoms with Crippen LogP contribution < -0.4 is 9.64 Å². The number of carbonyl (C=O) groups is 2. The average Bonchev–Trinajstić information content (AvgIpc) is 3.37. The zero-order chi connectivity index (χ0) is 23.1. The van der Waals surface area contributed by atoms with E-state index in [1.54, 1.807) is 24.3 Å². The van der Waals surface area contributed by atoms with Gasteiger partial charge in [-0.25, -0.2) is 4.98 Å². The number of ether oxygens (including phenoxy) is 1. The first kappa shape index (κ1) is 20.9. The topological polar surface area (TPSA) is 79.7 Å². The number of aromatic nitrogens is 1. The number of aliphatic hydroxyl groups is 1. The summed E-state index contributed by atoms with van der Waals surface area (Å²) >= 11 is 1.35. The molecule has 0 aliphatic carbocycles. The van der Waals surface area contributed by atoms with Crippen LogP contribution in [0.4, 0.5) is 5.13 Å². The van der Waals surface area contributed by atoms with Gasteiger partial charge in [0.05, 0.1) is 28.9 Å². The van der Waals surface area contributed by atoms with Crippen molar-refractivity contribution in [2.45, 2.75) is 13.0 Å². The van der Waals surface area contributed by atoms with Gasteiger partial charge in [0.2, 0.25) is 0 Å². The molecule has 0 radical (unpaired) electrons. The van der Waals surface area contributed by atoms with Crippen LogP contribution in [0.2, 0.25) is 0 Å². The maximum Gasteiger partial charge on any atom is 0.301 e. The molecule has 1 aliphatic heterocycles. The lowest BCUT2D eigenvalue weighted by molar-refractivity contribution is -0.132. The molecular weight excluding hydrogens is 436 g/mol. The molecule has 2 heterocycles. The lowest BCUT2D eigenvalue weighted by Gasteiger charge is -2.22. The summed E-state index contributed by atoms with van der Waals surface area (Å²) < 4.78 is 6.18.